The maximum absolute atomic E-state index is 12.9. The van der Waals surface area contributed by atoms with Gasteiger partial charge >= 0.3 is 0 Å². The zero-order valence-corrected chi connectivity index (χ0v) is 14.5. The van der Waals surface area contributed by atoms with Gasteiger partial charge in [0.05, 0.1) is 17.5 Å². The smallest absolute Gasteiger partial charge is 0.224 e. The second-order valence-corrected chi connectivity index (χ2v) is 6.38. The molecule has 3 aromatic rings. The number of amides is 1. The molecule has 0 spiro atoms. The molecule has 25 heavy (non-hydrogen) atoms. The number of fused-ring (bicyclic) bond motifs is 1. The van der Waals surface area contributed by atoms with Crippen molar-refractivity contribution in [2.24, 2.45) is 0 Å². The van der Waals surface area contributed by atoms with Gasteiger partial charge in [0.1, 0.15) is 11.6 Å². The number of rotatable bonds is 6. The standard InChI is InChI=1S/C20H22FN3O/c1-14(2)24-18-6-4-3-5-17(18)23-19(24)11-12-22-20(25)13-15-7-9-16(21)10-8-15/h3-10,14H,11-13H2,1-2H3,(H,22,25). The van der Waals surface area contributed by atoms with Gasteiger partial charge in [0.25, 0.3) is 0 Å². The Kier molecular flexibility index (Phi) is 5.12. The Morgan fingerprint density at radius 3 is 2.60 bits per heavy atom. The summed E-state index contributed by atoms with van der Waals surface area (Å²) in [5.74, 6) is 0.605. The lowest BCUT2D eigenvalue weighted by Crippen LogP contribution is -2.28. The minimum absolute atomic E-state index is 0.0705. The molecule has 0 atom stereocenters. The second-order valence-electron chi connectivity index (χ2n) is 6.38. The molecule has 1 heterocycles. The van der Waals surface area contributed by atoms with Gasteiger partial charge in [0.15, 0.2) is 0 Å². The predicted octanol–water partition coefficient (Wildman–Crippen LogP) is 3.66. The monoisotopic (exact) mass is 339 g/mol. The van der Waals surface area contributed by atoms with Crippen LogP contribution in [0.5, 0.6) is 0 Å². The van der Waals surface area contributed by atoms with E-state index in [1.54, 1.807) is 12.1 Å². The highest BCUT2D eigenvalue weighted by molar-refractivity contribution is 5.78. The number of aromatic nitrogens is 2. The van der Waals surface area contributed by atoms with Gasteiger partial charge in [-0.3, -0.25) is 4.79 Å². The highest BCUT2D eigenvalue weighted by Crippen LogP contribution is 2.21. The maximum Gasteiger partial charge on any atom is 0.224 e. The van der Waals surface area contributed by atoms with E-state index in [2.05, 4.69) is 29.8 Å². The van der Waals surface area contributed by atoms with Crippen molar-refractivity contribution in [3.05, 3.63) is 65.7 Å². The number of hydrogen-bond donors (Lipinski definition) is 1. The zero-order valence-electron chi connectivity index (χ0n) is 14.5. The summed E-state index contributed by atoms with van der Waals surface area (Å²) in [5, 5.41) is 2.92. The molecule has 3 rings (SSSR count). The summed E-state index contributed by atoms with van der Waals surface area (Å²) in [6.07, 6.45) is 0.920. The van der Waals surface area contributed by atoms with Crippen LogP contribution < -0.4 is 5.32 Å². The van der Waals surface area contributed by atoms with E-state index in [1.165, 1.54) is 12.1 Å². The van der Waals surface area contributed by atoms with Gasteiger partial charge in [0, 0.05) is 19.0 Å². The van der Waals surface area contributed by atoms with Crippen molar-refractivity contribution in [1.82, 2.24) is 14.9 Å². The molecule has 0 saturated carbocycles. The molecule has 0 unspecified atom stereocenters. The number of para-hydroxylation sites is 2. The van der Waals surface area contributed by atoms with E-state index in [1.807, 2.05) is 18.2 Å². The normalized spacial score (nSPS) is 11.2. The fourth-order valence-corrected chi connectivity index (χ4v) is 3.01. The fourth-order valence-electron chi connectivity index (χ4n) is 3.01. The molecule has 1 aromatic heterocycles. The van der Waals surface area contributed by atoms with Gasteiger partial charge in [-0.05, 0) is 43.7 Å². The number of imidazole rings is 1. The minimum atomic E-state index is -0.295. The van der Waals surface area contributed by atoms with Gasteiger partial charge in [0.2, 0.25) is 5.91 Å². The first-order chi connectivity index (χ1) is 12.0. The van der Waals surface area contributed by atoms with Crippen LogP contribution in [0.4, 0.5) is 4.39 Å². The third-order valence-electron chi connectivity index (χ3n) is 4.13. The molecule has 0 fully saturated rings. The van der Waals surface area contributed by atoms with Crippen LogP contribution in [0.15, 0.2) is 48.5 Å². The zero-order chi connectivity index (χ0) is 17.8. The predicted molar refractivity (Wildman–Crippen MR) is 96.9 cm³/mol. The van der Waals surface area contributed by atoms with Crippen molar-refractivity contribution in [1.29, 1.82) is 0 Å². The van der Waals surface area contributed by atoms with Crippen LogP contribution in [0.2, 0.25) is 0 Å². The lowest BCUT2D eigenvalue weighted by Gasteiger charge is -2.13. The Morgan fingerprint density at radius 1 is 1.16 bits per heavy atom. The molecule has 0 radical (unpaired) electrons. The SMILES string of the molecule is CC(C)n1c(CCNC(=O)Cc2ccc(F)cc2)nc2ccccc21. The largest absolute Gasteiger partial charge is 0.355 e. The van der Waals surface area contributed by atoms with Gasteiger partial charge in [-0.1, -0.05) is 24.3 Å². The number of carbonyl (C=O) groups excluding carboxylic acids is 1. The van der Waals surface area contributed by atoms with E-state index >= 15 is 0 Å². The van der Waals surface area contributed by atoms with E-state index in [4.69, 9.17) is 4.98 Å². The molecular formula is C20H22FN3O. The Bertz CT molecular complexity index is 868. The average molecular weight is 339 g/mol. The first kappa shape index (κ1) is 17.1. The van der Waals surface area contributed by atoms with Crippen LogP contribution in [0.1, 0.15) is 31.3 Å². The molecule has 4 nitrogen and oxygen atoms in total. The lowest BCUT2D eigenvalue weighted by atomic mass is 10.1. The number of benzene rings is 2. The highest BCUT2D eigenvalue weighted by Gasteiger charge is 2.13. The maximum atomic E-state index is 12.9. The first-order valence-electron chi connectivity index (χ1n) is 8.51. The Labute approximate surface area is 146 Å². The number of nitrogens with one attached hydrogen (secondary N) is 1. The third-order valence-corrected chi connectivity index (χ3v) is 4.13. The van der Waals surface area contributed by atoms with Crippen molar-refractivity contribution in [2.45, 2.75) is 32.7 Å². The lowest BCUT2D eigenvalue weighted by molar-refractivity contribution is -0.120. The molecule has 1 N–H and O–H groups in total. The number of carbonyl (C=O) groups is 1. The second kappa shape index (κ2) is 7.47. The van der Waals surface area contributed by atoms with Gasteiger partial charge < -0.3 is 9.88 Å². The molecule has 1 amide bonds. The van der Waals surface area contributed by atoms with Gasteiger partial charge in [-0.2, -0.15) is 0 Å². The van der Waals surface area contributed by atoms with Crippen molar-refractivity contribution in [3.63, 3.8) is 0 Å². The van der Waals surface area contributed by atoms with Crippen LogP contribution in [-0.2, 0) is 17.6 Å². The van der Waals surface area contributed by atoms with Gasteiger partial charge in [-0.15, -0.1) is 0 Å². The van der Waals surface area contributed by atoms with Crippen LogP contribution in [0, 0.1) is 5.82 Å². The summed E-state index contributed by atoms with van der Waals surface area (Å²) >= 11 is 0. The van der Waals surface area contributed by atoms with Gasteiger partial charge in [-0.25, -0.2) is 9.37 Å². The minimum Gasteiger partial charge on any atom is -0.355 e. The van der Waals surface area contributed by atoms with Crippen LogP contribution in [0.25, 0.3) is 11.0 Å². The van der Waals surface area contributed by atoms with E-state index < -0.39 is 0 Å². The van der Waals surface area contributed by atoms with E-state index in [-0.39, 0.29) is 18.1 Å². The summed E-state index contributed by atoms with van der Waals surface area (Å²) < 4.78 is 15.1. The van der Waals surface area contributed by atoms with Crippen LogP contribution in [0.3, 0.4) is 0 Å². The van der Waals surface area contributed by atoms with E-state index in [0.717, 1.165) is 22.4 Å². The molecule has 0 aliphatic rings. The molecule has 0 aliphatic carbocycles. The fraction of sp³-hybridized carbons (Fsp3) is 0.300. The molecule has 0 saturated heterocycles. The van der Waals surface area contributed by atoms with Crippen molar-refractivity contribution >= 4 is 16.9 Å². The highest BCUT2D eigenvalue weighted by atomic mass is 19.1. The summed E-state index contributed by atoms with van der Waals surface area (Å²) in [6, 6.07) is 14.4. The van der Waals surface area contributed by atoms with Crippen LogP contribution >= 0.6 is 0 Å². The van der Waals surface area contributed by atoms with E-state index in [9.17, 15) is 9.18 Å². The molecule has 5 heteroatoms. The number of nitrogens with zero attached hydrogens (tertiary/aromatic N) is 2. The molecule has 130 valence electrons. The molecule has 2 aromatic carbocycles. The summed E-state index contributed by atoms with van der Waals surface area (Å²) in [4.78, 5) is 16.7. The summed E-state index contributed by atoms with van der Waals surface area (Å²) in [5.41, 5.74) is 2.89. The van der Waals surface area contributed by atoms with E-state index in [0.29, 0.717) is 19.0 Å². The third kappa shape index (κ3) is 4.05. The Balaban J connectivity index is 1.62. The number of hydrogen-bond acceptors (Lipinski definition) is 2. The molecular weight excluding hydrogens is 317 g/mol. The topological polar surface area (TPSA) is 46.9 Å². The van der Waals surface area contributed by atoms with Crippen LogP contribution in [-0.4, -0.2) is 22.0 Å². The molecule has 0 aliphatic heterocycles. The summed E-state index contributed by atoms with van der Waals surface area (Å²) in [6.45, 7) is 4.78. The molecule has 0 bridgehead atoms. The summed E-state index contributed by atoms with van der Waals surface area (Å²) in [7, 11) is 0. The number of halogens is 1. The van der Waals surface area contributed by atoms with Crippen molar-refractivity contribution in [3.8, 4) is 0 Å². The Morgan fingerprint density at radius 2 is 1.88 bits per heavy atom. The Hall–Kier alpha value is -2.69. The first-order valence-corrected chi connectivity index (χ1v) is 8.51. The van der Waals surface area contributed by atoms with Crippen molar-refractivity contribution < 1.29 is 9.18 Å². The average Bonchev–Trinajstić information content (AvgIpc) is 2.95. The van der Waals surface area contributed by atoms with Crippen molar-refractivity contribution in [2.75, 3.05) is 6.54 Å². The quantitative estimate of drug-likeness (QED) is 0.745.